The van der Waals surface area contributed by atoms with Gasteiger partial charge in [0.2, 0.25) is 5.91 Å². The molecule has 22 heavy (non-hydrogen) atoms. The highest BCUT2D eigenvalue weighted by atomic mass is 19.1. The molecule has 2 rings (SSSR count). The quantitative estimate of drug-likeness (QED) is 0.905. The van der Waals surface area contributed by atoms with Crippen molar-refractivity contribution >= 4 is 5.91 Å². The van der Waals surface area contributed by atoms with Gasteiger partial charge in [0.1, 0.15) is 18.2 Å². The largest absolute Gasteiger partial charge is 0.348 e. The summed E-state index contributed by atoms with van der Waals surface area (Å²) in [5, 5.41) is 6.75. The highest BCUT2D eigenvalue weighted by Crippen LogP contribution is 2.19. The van der Waals surface area contributed by atoms with Crippen molar-refractivity contribution in [2.75, 3.05) is 0 Å². The molecule has 0 unspecified atom stereocenters. The SMILES string of the molecule is CC[C@H](NC(=O)Cn1nc(C)n(C)c1=O)c1ccccc1F. The molecule has 6 nitrogen and oxygen atoms in total. The minimum absolute atomic E-state index is 0.189. The van der Waals surface area contributed by atoms with Crippen molar-refractivity contribution in [1.29, 1.82) is 0 Å². The summed E-state index contributed by atoms with van der Waals surface area (Å²) >= 11 is 0. The monoisotopic (exact) mass is 306 g/mol. The number of nitrogens with one attached hydrogen (secondary N) is 1. The molecule has 0 radical (unpaired) electrons. The van der Waals surface area contributed by atoms with Crippen molar-refractivity contribution < 1.29 is 9.18 Å². The number of aryl methyl sites for hydroxylation is 1. The van der Waals surface area contributed by atoms with E-state index >= 15 is 0 Å². The summed E-state index contributed by atoms with van der Waals surface area (Å²) in [4.78, 5) is 23.9. The van der Waals surface area contributed by atoms with Crippen molar-refractivity contribution in [3.63, 3.8) is 0 Å². The van der Waals surface area contributed by atoms with Gasteiger partial charge < -0.3 is 5.32 Å². The minimum atomic E-state index is -0.436. The summed E-state index contributed by atoms with van der Waals surface area (Å²) in [7, 11) is 1.59. The van der Waals surface area contributed by atoms with Gasteiger partial charge in [-0.2, -0.15) is 5.10 Å². The molecule has 0 aliphatic carbocycles. The summed E-state index contributed by atoms with van der Waals surface area (Å²) < 4.78 is 16.3. The Labute approximate surface area is 127 Å². The molecule has 0 saturated carbocycles. The van der Waals surface area contributed by atoms with Gasteiger partial charge in [-0.3, -0.25) is 9.36 Å². The lowest BCUT2D eigenvalue weighted by atomic mass is 10.0. The van der Waals surface area contributed by atoms with Crippen LogP contribution in [0, 0.1) is 12.7 Å². The van der Waals surface area contributed by atoms with E-state index in [-0.39, 0.29) is 24.0 Å². The predicted octanol–water partition coefficient (Wildman–Crippen LogP) is 1.30. The van der Waals surface area contributed by atoms with Crippen molar-refractivity contribution in [1.82, 2.24) is 19.7 Å². The molecule has 0 bridgehead atoms. The third-order valence-electron chi connectivity index (χ3n) is 3.58. The van der Waals surface area contributed by atoms with Crippen molar-refractivity contribution in [2.24, 2.45) is 7.05 Å². The standard InChI is InChI=1S/C15H19FN4O2/c1-4-13(11-7-5-6-8-12(11)16)17-14(21)9-20-15(22)19(3)10(2)18-20/h5-8,13H,4,9H2,1-3H3,(H,17,21)/t13-/m0/s1. The van der Waals surface area contributed by atoms with E-state index in [9.17, 15) is 14.0 Å². The number of rotatable bonds is 5. The maximum Gasteiger partial charge on any atom is 0.346 e. The molecule has 1 N–H and O–H groups in total. The van der Waals surface area contributed by atoms with Crippen LogP contribution in [0.2, 0.25) is 0 Å². The van der Waals surface area contributed by atoms with E-state index in [1.807, 2.05) is 6.92 Å². The van der Waals surface area contributed by atoms with Crippen molar-refractivity contribution in [3.8, 4) is 0 Å². The molecule has 2 aromatic rings. The number of halogens is 1. The lowest BCUT2D eigenvalue weighted by molar-refractivity contribution is -0.122. The van der Waals surface area contributed by atoms with Gasteiger partial charge in [-0.1, -0.05) is 25.1 Å². The number of carbonyl (C=O) groups excluding carboxylic acids is 1. The Morgan fingerprint density at radius 1 is 1.41 bits per heavy atom. The second kappa shape index (κ2) is 6.55. The zero-order valence-electron chi connectivity index (χ0n) is 12.8. The maximum absolute atomic E-state index is 13.8. The second-order valence-electron chi connectivity index (χ2n) is 5.10. The number of amides is 1. The zero-order valence-corrected chi connectivity index (χ0v) is 12.8. The van der Waals surface area contributed by atoms with E-state index in [4.69, 9.17) is 0 Å². The average molecular weight is 306 g/mol. The Bertz CT molecular complexity index is 735. The highest BCUT2D eigenvalue weighted by molar-refractivity contribution is 5.76. The lowest BCUT2D eigenvalue weighted by Gasteiger charge is -2.17. The molecular weight excluding hydrogens is 287 g/mol. The molecule has 0 fully saturated rings. The number of hydrogen-bond acceptors (Lipinski definition) is 3. The zero-order chi connectivity index (χ0) is 16.3. The molecule has 7 heteroatoms. The molecule has 1 amide bonds. The van der Waals surface area contributed by atoms with Gasteiger partial charge in [0.25, 0.3) is 0 Å². The van der Waals surface area contributed by atoms with E-state index in [0.29, 0.717) is 17.8 Å². The molecular formula is C15H19FN4O2. The highest BCUT2D eigenvalue weighted by Gasteiger charge is 2.17. The van der Waals surface area contributed by atoms with Crippen LogP contribution in [0.15, 0.2) is 29.1 Å². The van der Waals surface area contributed by atoms with Crippen molar-refractivity contribution in [2.45, 2.75) is 32.9 Å². The molecule has 0 aliphatic heterocycles. The van der Waals surface area contributed by atoms with E-state index in [1.165, 1.54) is 10.6 Å². The number of hydrogen-bond donors (Lipinski definition) is 1. The normalized spacial score (nSPS) is 12.2. The summed E-state index contributed by atoms with van der Waals surface area (Å²) in [6.45, 7) is 3.35. The van der Waals surface area contributed by atoms with E-state index < -0.39 is 6.04 Å². The van der Waals surface area contributed by atoms with Crippen LogP contribution in [-0.4, -0.2) is 20.3 Å². The smallest absolute Gasteiger partial charge is 0.346 e. The van der Waals surface area contributed by atoms with E-state index in [1.54, 1.807) is 32.2 Å². The first-order chi connectivity index (χ1) is 10.4. The number of benzene rings is 1. The fourth-order valence-electron chi connectivity index (χ4n) is 2.23. The van der Waals surface area contributed by atoms with Crippen LogP contribution in [0.25, 0.3) is 0 Å². The Balaban J connectivity index is 2.12. The fourth-order valence-corrected chi connectivity index (χ4v) is 2.23. The Morgan fingerprint density at radius 3 is 2.64 bits per heavy atom. The molecule has 1 heterocycles. The maximum atomic E-state index is 13.8. The van der Waals surface area contributed by atoms with Gasteiger partial charge in [0.15, 0.2) is 0 Å². The Morgan fingerprint density at radius 2 is 2.09 bits per heavy atom. The fraction of sp³-hybridized carbons (Fsp3) is 0.400. The van der Waals surface area contributed by atoms with E-state index in [0.717, 1.165) is 4.68 Å². The van der Waals surface area contributed by atoms with Crippen molar-refractivity contribution in [3.05, 3.63) is 52.0 Å². The van der Waals surface area contributed by atoms with Crippen LogP contribution in [-0.2, 0) is 18.4 Å². The van der Waals surface area contributed by atoms with Gasteiger partial charge >= 0.3 is 5.69 Å². The Kier molecular flexibility index (Phi) is 4.75. The van der Waals surface area contributed by atoms with Crippen LogP contribution in [0.1, 0.15) is 30.8 Å². The molecule has 1 aromatic carbocycles. The molecule has 0 spiro atoms. The minimum Gasteiger partial charge on any atom is -0.348 e. The van der Waals surface area contributed by atoms with Gasteiger partial charge in [-0.15, -0.1) is 0 Å². The number of carbonyl (C=O) groups is 1. The lowest BCUT2D eigenvalue weighted by Crippen LogP contribution is -2.35. The van der Waals surface area contributed by atoms with Crippen LogP contribution >= 0.6 is 0 Å². The van der Waals surface area contributed by atoms with Crippen LogP contribution in [0.5, 0.6) is 0 Å². The summed E-state index contributed by atoms with van der Waals surface area (Å²) in [6, 6.07) is 5.88. The molecule has 0 aliphatic rings. The molecule has 1 aromatic heterocycles. The topological polar surface area (TPSA) is 68.9 Å². The van der Waals surface area contributed by atoms with Crippen LogP contribution < -0.4 is 11.0 Å². The summed E-state index contributed by atoms with van der Waals surface area (Å²) in [5.74, 6) is -0.213. The van der Waals surface area contributed by atoms with Gasteiger partial charge in [-0.25, -0.2) is 13.9 Å². The molecule has 1 atom stereocenters. The number of aromatic nitrogens is 3. The predicted molar refractivity (Wildman–Crippen MR) is 79.8 cm³/mol. The third-order valence-corrected chi connectivity index (χ3v) is 3.58. The summed E-state index contributed by atoms with van der Waals surface area (Å²) in [5.41, 5.74) is 0.0782. The van der Waals surface area contributed by atoms with Gasteiger partial charge in [0, 0.05) is 12.6 Å². The van der Waals surface area contributed by atoms with E-state index in [2.05, 4.69) is 10.4 Å². The van der Waals surface area contributed by atoms with Gasteiger partial charge in [0.05, 0.1) is 6.04 Å². The average Bonchev–Trinajstić information content (AvgIpc) is 2.73. The first-order valence-electron chi connectivity index (χ1n) is 7.08. The van der Waals surface area contributed by atoms with Gasteiger partial charge in [-0.05, 0) is 19.4 Å². The first kappa shape index (κ1) is 15.9. The summed E-state index contributed by atoms with van der Waals surface area (Å²) in [6.07, 6.45) is 0.544. The Hall–Kier alpha value is -2.44. The second-order valence-corrected chi connectivity index (χ2v) is 5.10. The number of nitrogens with zero attached hydrogens (tertiary/aromatic N) is 3. The first-order valence-corrected chi connectivity index (χ1v) is 7.08. The molecule has 118 valence electrons. The molecule has 0 saturated heterocycles. The third kappa shape index (κ3) is 3.24. The van der Waals surface area contributed by atoms with Crippen LogP contribution in [0.3, 0.4) is 0 Å². The van der Waals surface area contributed by atoms with Crippen LogP contribution in [0.4, 0.5) is 4.39 Å².